The van der Waals surface area contributed by atoms with Crippen molar-refractivity contribution in [3.63, 3.8) is 0 Å². The highest BCUT2D eigenvalue weighted by Crippen LogP contribution is 2.11. The fourth-order valence-corrected chi connectivity index (χ4v) is 3.47. The monoisotopic (exact) mass is 370 g/mol. The van der Waals surface area contributed by atoms with Crippen molar-refractivity contribution in [2.24, 2.45) is 0 Å². The Morgan fingerprint density at radius 3 is 2.81 bits per heavy atom. The first-order valence-corrected chi connectivity index (χ1v) is 9.37. The van der Waals surface area contributed by atoms with Crippen LogP contribution in [0.25, 0.3) is 0 Å². The van der Waals surface area contributed by atoms with Crippen molar-refractivity contribution in [3.05, 3.63) is 68.5 Å². The minimum Gasteiger partial charge on any atom is -0.351 e. The maximum Gasteiger partial charge on any atom is 0.328 e. The Bertz CT molecular complexity index is 888. The molecule has 1 aromatic carbocycles. The summed E-state index contributed by atoms with van der Waals surface area (Å²) in [5.74, 6) is -0.210. The highest BCUT2D eigenvalue weighted by molar-refractivity contribution is 5.76. The minimum atomic E-state index is -0.561. The normalized spacial score (nSPS) is 17.6. The lowest BCUT2D eigenvalue weighted by Gasteiger charge is -2.33. The van der Waals surface area contributed by atoms with E-state index in [9.17, 15) is 14.4 Å². The lowest BCUT2D eigenvalue weighted by Crippen LogP contribution is -2.49. The number of piperidine rings is 1. The van der Waals surface area contributed by atoms with Crippen LogP contribution in [-0.4, -0.2) is 46.0 Å². The Morgan fingerprint density at radius 2 is 2.04 bits per heavy atom. The number of aromatic nitrogens is 2. The molecule has 7 heteroatoms. The van der Waals surface area contributed by atoms with E-state index < -0.39 is 11.2 Å². The molecule has 2 N–H and O–H groups in total. The molecule has 2 heterocycles. The van der Waals surface area contributed by atoms with E-state index in [2.05, 4.69) is 39.5 Å². The molecule has 1 amide bonds. The van der Waals surface area contributed by atoms with E-state index in [4.69, 9.17) is 0 Å². The lowest BCUT2D eigenvalue weighted by molar-refractivity contribution is -0.122. The lowest BCUT2D eigenvalue weighted by atomic mass is 10.0. The van der Waals surface area contributed by atoms with Gasteiger partial charge in [0.15, 0.2) is 0 Å². The van der Waals surface area contributed by atoms with E-state index in [1.54, 1.807) is 6.92 Å². The number of amides is 1. The zero-order valence-corrected chi connectivity index (χ0v) is 15.6. The zero-order valence-electron chi connectivity index (χ0n) is 15.6. The average Bonchev–Trinajstić information content (AvgIpc) is 2.65. The van der Waals surface area contributed by atoms with Crippen molar-refractivity contribution in [1.82, 2.24) is 19.8 Å². The van der Waals surface area contributed by atoms with Crippen molar-refractivity contribution in [1.29, 1.82) is 0 Å². The molecule has 2 aromatic rings. The third kappa shape index (κ3) is 5.40. The van der Waals surface area contributed by atoms with Crippen LogP contribution in [0.15, 0.2) is 46.1 Å². The molecule has 1 saturated heterocycles. The summed E-state index contributed by atoms with van der Waals surface area (Å²) >= 11 is 0. The van der Waals surface area contributed by atoms with Crippen LogP contribution in [-0.2, 0) is 17.8 Å². The topological polar surface area (TPSA) is 87.2 Å². The van der Waals surface area contributed by atoms with Crippen LogP contribution >= 0.6 is 0 Å². The summed E-state index contributed by atoms with van der Waals surface area (Å²) in [7, 11) is 0. The summed E-state index contributed by atoms with van der Waals surface area (Å²) in [6.07, 6.45) is 4.39. The first kappa shape index (κ1) is 19.1. The quantitative estimate of drug-likeness (QED) is 0.782. The molecule has 1 aliphatic rings. The molecular weight excluding hydrogens is 344 g/mol. The summed E-state index contributed by atoms with van der Waals surface area (Å²) in [6.45, 7) is 4.35. The summed E-state index contributed by atoms with van der Waals surface area (Å²) in [4.78, 5) is 40.2. The number of carbonyl (C=O) groups is 1. The number of rotatable bonds is 6. The number of nitrogens with one attached hydrogen (secondary N) is 2. The Kier molecular flexibility index (Phi) is 6.24. The van der Waals surface area contributed by atoms with E-state index in [0.29, 0.717) is 5.56 Å². The molecule has 1 fully saturated rings. The van der Waals surface area contributed by atoms with Crippen LogP contribution in [0, 0.1) is 6.92 Å². The van der Waals surface area contributed by atoms with Crippen LogP contribution in [0.3, 0.4) is 0 Å². The molecular formula is C20H26N4O3. The molecule has 0 bridgehead atoms. The van der Waals surface area contributed by atoms with E-state index in [1.165, 1.54) is 16.3 Å². The van der Waals surface area contributed by atoms with Gasteiger partial charge < -0.3 is 10.2 Å². The first-order valence-electron chi connectivity index (χ1n) is 9.37. The Morgan fingerprint density at radius 1 is 1.26 bits per heavy atom. The van der Waals surface area contributed by atoms with Gasteiger partial charge >= 0.3 is 5.69 Å². The van der Waals surface area contributed by atoms with Gasteiger partial charge in [-0.2, -0.15) is 0 Å². The fourth-order valence-electron chi connectivity index (χ4n) is 3.47. The second-order valence-corrected chi connectivity index (χ2v) is 7.14. The highest BCUT2D eigenvalue weighted by Gasteiger charge is 2.21. The van der Waals surface area contributed by atoms with Gasteiger partial charge in [-0.1, -0.05) is 30.3 Å². The number of carbonyl (C=O) groups excluding carboxylic acids is 1. The van der Waals surface area contributed by atoms with Crippen molar-refractivity contribution in [2.45, 2.75) is 38.8 Å². The number of nitrogens with zero attached hydrogens (tertiary/aromatic N) is 2. The van der Waals surface area contributed by atoms with Gasteiger partial charge in [-0.3, -0.25) is 19.1 Å². The summed E-state index contributed by atoms with van der Waals surface area (Å²) in [5.41, 5.74) is 0.746. The number of H-pyrrole nitrogens is 1. The second-order valence-electron chi connectivity index (χ2n) is 7.14. The largest absolute Gasteiger partial charge is 0.351 e. The third-order valence-electron chi connectivity index (χ3n) is 4.93. The molecule has 0 aliphatic carbocycles. The molecule has 0 spiro atoms. The predicted octanol–water partition coefficient (Wildman–Crippen LogP) is 0.668. The van der Waals surface area contributed by atoms with Crippen LogP contribution in [0.4, 0.5) is 0 Å². The summed E-state index contributed by atoms with van der Waals surface area (Å²) in [6, 6.07) is 10.5. The Balaban J connectivity index is 1.51. The molecule has 27 heavy (non-hydrogen) atoms. The SMILES string of the molecule is Cc1cn(CC(=O)NC2CCCN(CCc3ccccc3)C2)c(=O)[nH]c1=O. The number of benzene rings is 1. The maximum atomic E-state index is 12.3. The fraction of sp³-hybridized carbons (Fsp3) is 0.450. The number of hydrogen-bond donors (Lipinski definition) is 2. The molecule has 7 nitrogen and oxygen atoms in total. The van der Waals surface area contributed by atoms with Crippen molar-refractivity contribution < 1.29 is 4.79 Å². The molecule has 1 unspecified atom stereocenters. The molecule has 0 radical (unpaired) electrons. The first-order chi connectivity index (χ1) is 13.0. The number of likely N-dealkylation sites (tertiary alicyclic amines) is 1. The number of aryl methyl sites for hydroxylation is 1. The van der Waals surface area contributed by atoms with Gasteiger partial charge in [0.1, 0.15) is 6.54 Å². The molecule has 144 valence electrons. The van der Waals surface area contributed by atoms with E-state index in [1.807, 2.05) is 6.07 Å². The van der Waals surface area contributed by atoms with Gasteiger partial charge in [-0.25, -0.2) is 4.79 Å². The Labute approximate surface area is 158 Å². The van der Waals surface area contributed by atoms with Crippen LogP contribution < -0.4 is 16.6 Å². The molecule has 1 aliphatic heterocycles. The molecule has 3 rings (SSSR count). The van der Waals surface area contributed by atoms with Crippen molar-refractivity contribution in [2.75, 3.05) is 19.6 Å². The predicted molar refractivity (Wildman–Crippen MR) is 104 cm³/mol. The highest BCUT2D eigenvalue weighted by atomic mass is 16.2. The molecule has 1 atom stereocenters. The standard InChI is InChI=1S/C20H26N4O3/c1-15-12-24(20(27)22-19(15)26)14-18(25)21-17-8-5-10-23(13-17)11-9-16-6-3-2-4-7-16/h2-4,6-7,12,17H,5,8-11,13-14H2,1H3,(H,21,25)(H,22,26,27). The third-order valence-corrected chi connectivity index (χ3v) is 4.93. The smallest absolute Gasteiger partial charge is 0.328 e. The summed E-state index contributed by atoms with van der Waals surface area (Å²) in [5, 5.41) is 3.02. The maximum absolute atomic E-state index is 12.3. The van der Waals surface area contributed by atoms with Gasteiger partial charge in [-0.15, -0.1) is 0 Å². The van der Waals surface area contributed by atoms with E-state index in [0.717, 1.165) is 38.9 Å². The van der Waals surface area contributed by atoms with E-state index in [-0.39, 0.29) is 18.5 Å². The number of aromatic amines is 1. The van der Waals surface area contributed by atoms with Crippen molar-refractivity contribution in [3.8, 4) is 0 Å². The van der Waals surface area contributed by atoms with Gasteiger partial charge in [0, 0.05) is 30.9 Å². The van der Waals surface area contributed by atoms with Gasteiger partial charge in [0.05, 0.1) is 0 Å². The van der Waals surface area contributed by atoms with Crippen LogP contribution in [0.2, 0.25) is 0 Å². The average molecular weight is 370 g/mol. The van der Waals surface area contributed by atoms with Gasteiger partial charge in [0.2, 0.25) is 5.91 Å². The van der Waals surface area contributed by atoms with Crippen LogP contribution in [0.1, 0.15) is 24.0 Å². The minimum absolute atomic E-state index is 0.0848. The zero-order chi connectivity index (χ0) is 19.2. The van der Waals surface area contributed by atoms with E-state index >= 15 is 0 Å². The van der Waals surface area contributed by atoms with Crippen LogP contribution in [0.5, 0.6) is 0 Å². The summed E-state index contributed by atoms with van der Waals surface area (Å²) < 4.78 is 1.24. The molecule has 1 aromatic heterocycles. The van der Waals surface area contributed by atoms with Gasteiger partial charge in [0.25, 0.3) is 5.56 Å². The number of hydrogen-bond acceptors (Lipinski definition) is 4. The second kappa shape index (κ2) is 8.81. The Hall–Kier alpha value is -2.67. The molecule has 0 saturated carbocycles. The van der Waals surface area contributed by atoms with Gasteiger partial charge in [-0.05, 0) is 38.3 Å². The van der Waals surface area contributed by atoms with Crippen molar-refractivity contribution >= 4 is 5.91 Å².